The van der Waals surface area contributed by atoms with Crippen molar-refractivity contribution in [2.45, 2.75) is 19.6 Å². The number of pyridine rings is 1. The Morgan fingerprint density at radius 2 is 1.96 bits per heavy atom. The van der Waals surface area contributed by atoms with Gasteiger partial charge in [0.25, 0.3) is 0 Å². The number of imidazole rings is 1. The molecule has 0 fully saturated rings. The summed E-state index contributed by atoms with van der Waals surface area (Å²) in [6.07, 6.45) is -1.08. The third-order valence-corrected chi connectivity index (χ3v) is 3.81. The number of nitrogens with one attached hydrogen (secondary N) is 2. The van der Waals surface area contributed by atoms with Crippen molar-refractivity contribution >= 4 is 34.5 Å². The van der Waals surface area contributed by atoms with Crippen LogP contribution in [0.25, 0.3) is 5.65 Å². The van der Waals surface area contributed by atoms with E-state index >= 15 is 0 Å². The lowest BCUT2D eigenvalue weighted by Gasteiger charge is -2.15. The molecule has 2 aromatic heterocycles. The number of amides is 1. The summed E-state index contributed by atoms with van der Waals surface area (Å²) in [5, 5.41) is 5.95. The van der Waals surface area contributed by atoms with Crippen LogP contribution in [0.3, 0.4) is 0 Å². The molecule has 0 atom stereocenters. The van der Waals surface area contributed by atoms with Crippen LogP contribution >= 0.6 is 11.6 Å². The topological polar surface area (TPSA) is 58.4 Å². The van der Waals surface area contributed by atoms with Gasteiger partial charge in [0.15, 0.2) is 0 Å². The van der Waals surface area contributed by atoms with Crippen LogP contribution in [0.1, 0.15) is 18.2 Å². The fraction of sp³-hybridized carbons (Fsp3) is 0.176. The number of carbonyl (C=O) groups excluding carboxylic acids is 1. The summed E-state index contributed by atoms with van der Waals surface area (Å²) in [4.78, 5) is 15.6. The Morgan fingerprint density at radius 3 is 2.65 bits per heavy atom. The minimum absolute atomic E-state index is 0.158. The highest BCUT2D eigenvalue weighted by molar-refractivity contribution is 6.30. The molecule has 0 aliphatic heterocycles. The second-order valence-corrected chi connectivity index (χ2v) is 6.07. The summed E-state index contributed by atoms with van der Waals surface area (Å²) in [7, 11) is 0. The van der Waals surface area contributed by atoms with E-state index in [-0.39, 0.29) is 23.8 Å². The summed E-state index contributed by atoms with van der Waals surface area (Å²) >= 11 is 5.92. The van der Waals surface area contributed by atoms with E-state index in [4.69, 9.17) is 11.6 Å². The van der Waals surface area contributed by atoms with Crippen LogP contribution in [-0.4, -0.2) is 15.3 Å². The van der Waals surface area contributed by atoms with Gasteiger partial charge in [-0.1, -0.05) is 11.6 Å². The first-order valence-electron chi connectivity index (χ1n) is 7.58. The lowest BCUT2D eigenvalue weighted by molar-refractivity contribution is -0.137. The number of anilines is 2. The highest BCUT2D eigenvalue weighted by atomic mass is 35.5. The molecule has 2 N–H and O–H groups in total. The second kappa shape index (κ2) is 6.87. The van der Waals surface area contributed by atoms with Crippen molar-refractivity contribution in [1.29, 1.82) is 0 Å². The molecule has 3 aromatic rings. The van der Waals surface area contributed by atoms with Crippen LogP contribution in [0.4, 0.5) is 24.5 Å². The SMILES string of the molecule is CC(=O)Nc1ccc(C(F)(F)F)cc1NCc1cn2cc(Cl)ccc2n1. The third kappa shape index (κ3) is 4.08. The maximum absolute atomic E-state index is 13.0. The fourth-order valence-electron chi connectivity index (χ4n) is 2.45. The molecule has 0 aliphatic rings. The van der Waals surface area contributed by atoms with Crippen LogP contribution in [0.2, 0.25) is 5.02 Å². The number of carbonyl (C=O) groups is 1. The van der Waals surface area contributed by atoms with Crippen molar-refractivity contribution in [1.82, 2.24) is 9.38 Å². The first-order valence-corrected chi connectivity index (χ1v) is 7.96. The molecular formula is C17H14ClF3N4O. The number of hydrogen-bond acceptors (Lipinski definition) is 3. The maximum Gasteiger partial charge on any atom is 0.416 e. The third-order valence-electron chi connectivity index (χ3n) is 3.58. The fourth-order valence-corrected chi connectivity index (χ4v) is 2.62. The Kier molecular flexibility index (Phi) is 4.78. The highest BCUT2D eigenvalue weighted by Gasteiger charge is 2.31. The minimum atomic E-state index is -4.48. The molecule has 5 nitrogen and oxygen atoms in total. The zero-order chi connectivity index (χ0) is 18.9. The predicted octanol–water partition coefficient (Wildman–Crippen LogP) is 4.58. The van der Waals surface area contributed by atoms with Crippen LogP contribution in [0, 0.1) is 0 Å². The summed E-state index contributed by atoms with van der Waals surface area (Å²) in [5.41, 5.74) is 0.883. The Hall–Kier alpha value is -2.74. The smallest absolute Gasteiger partial charge is 0.378 e. The van der Waals surface area contributed by atoms with Gasteiger partial charge in [-0.25, -0.2) is 4.98 Å². The van der Waals surface area contributed by atoms with E-state index < -0.39 is 11.7 Å². The molecule has 0 saturated heterocycles. The summed E-state index contributed by atoms with van der Waals surface area (Å²) in [6.45, 7) is 1.46. The number of nitrogens with zero attached hydrogens (tertiary/aromatic N) is 2. The number of alkyl halides is 3. The molecule has 0 aliphatic carbocycles. The van der Waals surface area contributed by atoms with Gasteiger partial charge in [0, 0.05) is 19.3 Å². The Balaban J connectivity index is 1.87. The van der Waals surface area contributed by atoms with Gasteiger partial charge in [-0.15, -0.1) is 0 Å². The first-order chi connectivity index (χ1) is 12.2. The molecule has 0 radical (unpaired) electrons. The minimum Gasteiger partial charge on any atom is -0.378 e. The van der Waals surface area contributed by atoms with E-state index in [0.29, 0.717) is 16.4 Å². The van der Waals surface area contributed by atoms with Gasteiger partial charge < -0.3 is 15.0 Å². The van der Waals surface area contributed by atoms with E-state index in [1.165, 1.54) is 13.0 Å². The highest BCUT2D eigenvalue weighted by Crippen LogP contribution is 2.34. The van der Waals surface area contributed by atoms with Gasteiger partial charge in [0.2, 0.25) is 5.91 Å². The average molecular weight is 383 g/mol. The lowest BCUT2D eigenvalue weighted by Crippen LogP contribution is -2.12. The number of aromatic nitrogens is 2. The molecular weight excluding hydrogens is 369 g/mol. The van der Waals surface area contributed by atoms with E-state index in [1.807, 2.05) is 0 Å². The zero-order valence-corrected chi connectivity index (χ0v) is 14.3. The van der Waals surface area contributed by atoms with E-state index in [0.717, 1.165) is 12.1 Å². The van der Waals surface area contributed by atoms with E-state index in [2.05, 4.69) is 15.6 Å². The van der Waals surface area contributed by atoms with Crippen LogP contribution in [0.15, 0.2) is 42.7 Å². The van der Waals surface area contributed by atoms with Crippen molar-refractivity contribution in [2.24, 2.45) is 0 Å². The van der Waals surface area contributed by atoms with Crippen LogP contribution < -0.4 is 10.6 Å². The number of rotatable bonds is 4. The van der Waals surface area contributed by atoms with Crippen molar-refractivity contribution in [3.05, 3.63) is 59.0 Å². The zero-order valence-electron chi connectivity index (χ0n) is 13.6. The van der Waals surface area contributed by atoms with Crippen molar-refractivity contribution < 1.29 is 18.0 Å². The summed E-state index contributed by atoms with van der Waals surface area (Å²) < 4.78 is 40.6. The quantitative estimate of drug-likeness (QED) is 0.694. The van der Waals surface area contributed by atoms with Crippen LogP contribution in [-0.2, 0) is 17.5 Å². The Morgan fingerprint density at radius 1 is 1.19 bits per heavy atom. The molecule has 0 bridgehead atoms. The summed E-state index contributed by atoms with van der Waals surface area (Å²) in [5.74, 6) is -0.379. The molecule has 0 spiro atoms. The Bertz CT molecular complexity index is 968. The molecule has 0 unspecified atom stereocenters. The van der Waals surface area contributed by atoms with Crippen molar-refractivity contribution in [3.8, 4) is 0 Å². The first kappa shape index (κ1) is 18.1. The molecule has 1 amide bonds. The summed E-state index contributed by atoms with van der Waals surface area (Å²) in [6, 6.07) is 6.53. The van der Waals surface area contributed by atoms with E-state index in [9.17, 15) is 18.0 Å². The number of halogens is 4. The molecule has 3 rings (SSSR count). The monoisotopic (exact) mass is 382 g/mol. The van der Waals surface area contributed by atoms with E-state index in [1.54, 1.807) is 28.9 Å². The lowest BCUT2D eigenvalue weighted by atomic mass is 10.1. The number of fused-ring (bicyclic) bond motifs is 1. The molecule has 136 valence electrons. The maximum atomic E-state index is 13.0. The van der Waals surface area contributed by atoms with Gasteiger partial charge >= 0.3 is 6.18 Å². The molecule has 0 saturated carbocycles. The normalized spacial score (nSPS) is 11.6. The van der Waals surface area contributed by atoms with Gasteiger partial charge in [-0.05, 0) is 30.3 Å². The largest absolute Gasteiger partial charge is 0.416 e. The second-order valence-electron chi connectivity index (χ2n) is 5.64. The standard InChI is InChI=1S/C17H14ClF3N4O/c1-10(26)23-14-4-2-11(17(19,20)21)6-15(14)22-7-13-9-25-8-12(18)3-5-16(25)24-13/h2-6,8-9,22H,7H2,1H3,(H,23,26). The van der Waals surface area contributed by atoms with Gasteiger partial charge in [-0.2, -0.15) is 13.2 Å². The molecule has 26 heavy (non-hydrogen) atoms. The van der Waals surface area contributed by atoms with Crippen LogP contribution in [0.5, 0.6) is 0 Å². The van der Waals surface area contributed by atoms with Gasteiger partial charge in [0.05, 0.1) is 34.2 Å². The number of hydrogen-bond donors (Lipinski definition) is 2. The van der Waals surface area contributed by atoms with Gasteiger partial charge in [0.1, 0.15) is 5.65 Å². The Labute approximate surface area is 151 Å². The predicted molar refractivity (Wildman–Crippen MR) is 93.3 cm³/mol. The average Bonchev–Trinajstić information content (AvgIpc) is 2.94. The molecule has 2 heterocycles. The van der Waals surface area contributed by atoms with Crippen molar-refractivity contribution in [3.63, 3.8) is 0 Å². The number of benzene rings is 1. The molecule has 1 aromatic carbocycles. The molecule has 9 heteroatoms. The van der Waals surface area contributed by atoms with Gasteiger partial charge in [-0.3, -0.25) is 4.79 Å². The van der Waals surface area contributed by atoms with Crippen molar-refractivity contribution in [2.75, 3.05) is 10.6 Å².